The van der Waals surface area contributed by atoms with Crippen LogP contribution in [0, 0.1) is 6.92 Å². The average molecular weight is 390 g/mol. The van der Waals surface area contributed by atoms with Crippen molar-refractivity contribution in [3.8, 4) is 0 Å². The van der Waals surface area contributed by atoms with Crippen molar-refractivity contribution in [1.82, 2.24) is 5.32 Å². The Morgan fingerprint density at radius 3 is 2.56 bits per heavy atom. The minimum atomic E-state index is -0.919. The number of hydrogen-bond donors (Lipinski definition) is 3. The van der Waals surface area contributed by atoms with E-state index in [1.165, 1.54) is 18.4 Å². The molecule has 0 radical (unpaired) electrons. The number of nitrogens with one attached hydrogen (secondary N) is 2. The smallest absolute Gasteiger partial charge is 0.341 e. The second kappa shape index (κ2) is 9.72. The van der Waals surface area contributed by atoms with Crippen LogP contribution in [0.25, 0.3) is 0 Å². The zero-order valence-corrected chi connectivity index (χ0v) is 16.0. The standard InChI is InChI=1S/C19H22N2O5S/c1-12-11-27-17(16(12)18(24)26-2)21-19(25)20-14(8-9-15(22)23)10-13-6-4-3-5-7-13/h3-7,11,14H,8-10H2,1-2H3,(H,22,23)(H2,20,21,25). The molecule has 0 saturated carbocycles. The molecule has 0 aliphatic heterocycles. The highest BCUT2D eigenvalue weighted by molar-refractivity contribution is 7.15. The van der Waals surface area contributed by atoms with Crippen molar-refractivity contribution in [3.05, 3.63) is 52.4 Å². The van der Waals surface area contributed by atoms with Crippen LogP contribution >= 0.6 is 11.3 Å². The number of rotatable bonds is 8. The number of thiophene rings is 1. The molecule has 1 aromatic carbocycles. The number of ether oxygens (including phenoxy) is 1. The van der Waals surface area contributed by atoms with Crippen molar-refractivity contribution in [1.29, 1.82) is 0 Å². The Labute approximate surface area is 161 Å². The molecule has 0 fully saturated rings. The fourth-order valence-corrected chi connectivity index (χ4v) is 3.56. The van der Waals surface area contributed by atoms with Crippen LogP contribution < -0.4 is 10.6 Å². The molecular formula is C19H22N2O5S. The normalized spacial score (nSPS) is 11.5. The number of aryl methyl sites for hydroxylation is 1. The van der Waals surface area contributed by atoms with E-state index in [0.29, 0.717) is 29.0 Å². The number of carbonyl (C=O) groups excluding carboxylic acids is 2. The molecule has 1 heterocycles. The van der Waals surface area contributed by atoms with Crippen LogP contribution in [-0.2, 0) is 16.0 Å². The highest BCUT2D eigenvalue weighted by atomic mass is 32.1. The summed E-state index contributed by atoms with van der Waals surface area (Å²) in [7, 11) is 1.28. The van der Waals surface area contributed by atoms with E-state index in [1.54, 1.807) is 12.3 Å². The summed E-state index contributed by atoms with van der Waals surface area (Å²) in [5, 5.41) is 16.6. The van der Waals surface area contributed by atoms with Gasteiger partial charge in [-0.3, -0.25) is 10.1 Å². The number of carbonyl (C=O) groups is 3. The molecule has 0 aliphatic carbocycles. The Morgan fingerprint density at radius 2 is 1.93 bits per heavy atom. The summed E-state index contributed by atoms with van der Waals surface area (Å²) in [5.74, 6) is -1.44. The number of amides is 2. The summed E-state index contributed by atoms with van der Waals surface area (Å²) in [4.78, 5) is 35.2. The topological polar surface area (TPSA) is 105 Å². The van der Waals surface area contributed by atoms with E-state index in [4.69, 9.17) is 9.84 Å². The third-order valence-electron chi connectivity index (χ3n) is 3.96. The number of aliphatic carboxylic acids is 1. The van der Waals surface area contributed by atoms with Crippen LogP contribution in [0.4, 0.5) is 9.80 Å². The Bertz CT molecular complexity index is 804. The summed E-state index contributed by atoms with van der Waals surface area (Å²) in [5.41, 5.74) is 2.03. The molecule has 0 bridgehead atoms. The van der Waals surface area contributed by atoms with Crippen LogP contribution in [0.3, 0.4) is 0 Å². The zero-order valence-electron chi connectivity index (χ0n) is 15.2. The maximum atomic E-state index is 12.4. The molecule has 7 nitrogen and oxygen atoms in total. The SMILES string of the molecule is COC(=O)c1c(C)csc1NC(=O)NC(CCC(=O)O)Cc1ccccc1. The molecular weight excluding hydrogens is 368 g/mol. The molecule has 1 unspecified atom stereocenters. The number of hydrogen-bond acceptors (Lipinski definition) is 5. The number of urea groups is 1. The van der Waals surface area contributed by atoms with Gasteiger partial charge in [0.2, 0.25) is 0 Å². The predicted molar refractivity (Wildman–Crippen MR) is 103 cm³/mol. The quantitative estimate of drug-likeness (QED) is 0.599. The van der Waals surface area contributed by atoms with Gasteiger partial charge in [-0.2, -0.15) is 0 Å². The van der Waals surface area contributed by atoms with Crippen molar-refractivity contribution in [2.24, 2.45) is 0 Å². The largest absolute Gasteiger partial charge is 0.481 e. The molecule has 2 amide bonds. The second-order valence-electron chi connectivity index (χ2n) is 6.03. The highest BCUT2D eigenvalue weighted by Crippen LogP contribution is 2.28. The first-order chi connectivity index (χ1) is 12.9. The number of anilines is 1. The van der Waals surface area contributed by atoms with Gasteiger partial charge in [-0.25, -0.2) is 9.59 Å². The number of benzene rings is 1. The van der Waals surface area contributed by atoms with Gasteiger partial charge in [-0.1, -0.05) is 30.3 Å². The Kier molecular flexibility index (Phi) is 7.36. The maximum Gasteiger partial charge on any atom is 0.341 e. The zero-order chi connectivity index (χ0) is 19.8. The van der Waals surface area contributed by atoms with Crippen molar-refractivity contribution < 1.29 is 24.2 Å². The van der Waals surface area contributed by atoms with Gasteiger partial charge in [0.15, 0.2) is 0 Å². The minimum absolute atomic E-state index is 0.0523. The summed E-state index contributed by atoms with van der Waals surface area (Å²) in [6.07, 6.45) is 0.753. The molecule has 1 aromatic heterocycles. The molecule has 2 rings (SSSR count). The van der Waals surface area contributed by atoms with Gasteiger partial charge < -0.3 is 15.2 Å². The minimum Gasteiger partial charge on any atom is -0.481 e. The predicted octanol–water partition coefficient (Wildman–Crippen LogP) is 3.44. The van der Waals surface area contributed by atoms with Crippen molar-refractivity contribution in [2.75, 3.05) is 12.4 Å². The van der Waals surface area contributed by atoms with Crippen molar-refractivity contribution >= 4 is 34.3 Å². The average Bonchev–Trinajstić information content (AvgIpc) is 3.00. The number of carboxylic acids is 1. The van der Waals surface area contributed by atoms with Crippen molar-refractivity contribution in [3.63, 3.8) is 0 Å². The fraction of sp³-hybridized carbons (Fsp3) is 0.316. The van der Waals surface area contributed by atoms with Gasteiger partial charge in [0, 0.05) is 12.5 Å². The summed E-state index contributed by atoms with van der Waals surface area (Å²) < 4.78 is 4.75. The molecule has 8 heteroatoms. The molecule has 3 N–H and O–H groups in total. The molecule has 0 spiro atoms. The van der Waals surface area contributed by atoms with Gasteiger partial charge in [0.05, 0.1) is 12.7 Å². The molecule has 144 valence electrons. The Morgan fingerprint density at radius 1 is 1.22 bits per heavy atom. The van der Waals surface area contributed by atoms with Gasteiger partial charge in [0.25, 0.3) is 0 Å². The van der Waals surface area contributed by atoms with Gasteiger partial charge in [0.1, 0.15) is 5.00 Å². The lowest BCUT2D eigenvalue weighted by Crippen LogP contribution is -2.39. The van der Waals surface area contributed by atoms with E-state index in [2.05, 4.69) is 10.6 Å². The lowest BCUT2D eigenvalue weighted by molar-refractivity contribution is -0.137. The van der Waals surface area contributed by atoms with Crippen LogP contribution in [-0.4, -0.2) is 36.2 Å². The Hall–Kier alpha value is -2.87. The first kappa shape index (κ1) is 20.4. The Balaban J connectivity index is 2.06. The lowest BCUT2D eigenvalue weighted by atomic mass is 10.0. The number of methoxy groups -OCH3 is 1. The van der Waals surface area contributed by atoms with E-state index in [0.717, 1.165) is 5.56 Å². The van der Waals surface area contributed by atoms with E-state index in [-0.39, 0.29) is 12.5 Å². The van der Waals surface area contributed by atoms with Crippen LogP contribution in [0.1, 0.15) is 34.3 Å². The first-order valence-corrected chi connectivity index (χ1v) is 9.28. The van der Waals surface area contributed by atoms with E-state index >= 15 is 0 Å². The monoisotopic (exact) mass is 390 g/mol. The van der Waals surface area contributed by atoms with Crippen LogP contribution in [0.2, 0.25) is 0 Å². The molecule has 1 atom stereocenters. The number of carboxylic acid groups (broad SMARTS) is 1. The van der Waals surface area contributed by atoms with Gasteiger partial charge in [-0.15, -0.1) is 11.3 Å². The molecule has 0 aliphatic rings. The molecule has 0 saturated heterocycles. The van der Waals surface area contributed by atoms with Crippen molar-refractivity contribution in [2.45, 2.75) is 32.2 Å². The second-order valence-corrected chi connectivity index (χ2v) is 6.91. The summed E-state index contributed by atoms with van der Waals surface area (Å²) in [6.45, 7) is 1.76. The van der Waals surface area contributed by atoms with Crippen LogP contribution in [0.15, 0.2) is 35.7 Å². The highest BCUT2D eigenvalue weighted by Gasteiger charge is 2.20. The maximum absolute atomic E-state index is 12.4. The van der Waals surface area contributed by atoms with Gasteiger partial charge >= 0.3 is 18.0 Å². The molecule has 27 heavy (non-hydrogen) atoms. The first-order valence-electron chi connectivity index (χ1n) is 8.40. The summed E-state index contributed by atoms with van der Waals surface area (Å²) >= 11 is 1.23. The third-order valence-corrected chi connectivity index (χ3v) is 4.97. The van der Waals surface area contributed by atoms with E-state index < -0.39 is 18.0 Å². The van der Waals surface area contributed by atoms with Crippen LogP contribution in [0.5, 0.6) is 0 Å². The van der Waals surface area contributed by atoms with E-state index in [9.17, 15) is 14.4 Å². The number of esters is 1. The third kappa shape index (κ3) is 6.10. The fourth-order valence-electron chi connectivity index (χ4n) is 2.64. The summed E-state index contributed by atoms with van der Waals surface area (Å²) in [6, 6.07) is 8.67. The van der Waals surface area contributed by atoms with Gasteiger partial charge in [-0.05, 0) is 36.3 Å². The molecule has 2 aromatic rings. The lowest BCUT2D eigenvalue weighted by Gasteiger charge is -2.18. The van der Waals surface area contributed by atoms with E-state index in [1.807, 2.05) is 30.3 Å².